The maximum absolute atomic E-state index is 11.4. The molecule has 2 aromatic rings. The molecule has 0 aliphatic heterocycles. The largest absolute Gasteiger partial charge is 0.506 e. The SMILES string of the molecule is CCCCN(CCC)CCc1ccc(O)c2[nH]c(=O)[nH]c12. The van der Waals surface area contributed by atoms with E-state index >= 15 is 0 Å². The third-order valence-electron chi connectivity index (χ3n) is 3.81. The van der Waals surface area contributed by atoms with Gasteiger partial charge in [-0.25, -0.2) is 4.79 Å². The molecule has 116 valence electrons. The van der Waals surface area contributed by atoms with Gasteiger partial charge in [0.1, 0.15) is 11.3 Å². The van der Waals surface area contributed by atoms with E-state index in [1.54, 1.807) is 6.07 Å². The van der Waals surface area contributed by atoms with Gasteiger partial charge in [0.2, 0.25) is 0 Å². The minimum absolute atomic E-state index is 0.114. The summed E-state index contributed by atoms with van der Waals surface area (Å²) in [6.45, 7) is 7.60. The van der Waals surface area contributed by atoms with Crippen LogP contribution in [-0.4, -0.2) is 39.6 Å². The van der Waals surface area contributed by atoms with Gasteiger partial charge in [0.25, 0.3) is 0 Å². The van der Waals surface area contributed by atoms with Crippen molar-refractivity contribution in [3.63, 3.8) is 0 Å². The molecule has 0 radical (unpaired) electrons. The molecule has 1 aromatic heterocycles. The molecule has 21 heavy (non-hydrogen) atoms. The van der Waals surface area contributed by atoms with Gasteiger partial charge in [0.15, 0.2) is 0 Å². The summed E-state index contributed by atoms with van der Waals surface area (Å²) >= 11 is 0. The topological polar surface area (TPSA) is 72.1 Å². The van der Waals surface area contributed by atoms with E-state index in [1.807, 2.05) is 6.07 Å². The van der Waals surface area contributed by atoms with Crippen LogP contribution in [0.2, 0.25) is 0 Å². The Balaban J connectivity index is 2.11. The number of hydrogen-bond donors (Lipinski definition) is 3. The van der Waals surface area contributed by atoms with Crippen LogP contribution in [0.15, 0.2) is 16.9 Å². The van der Waals surface area contributed by atoms with Gasteiger partial charge in [-0.05, 0) is 44.0 Å². The summed E-state index contributed by atoms with van der Waals surface area (Å²) in [5.74, 6) is 0.114. The second-order valence-electron chi connectivity index (χ2n) is 5.52. The van der Waals surface area contributed by atoms with Crippen LogP contribution in [0.25, 0.3) is 11.0 Å². The van der Waals surface area contributed by atoms with Crippen LogP contribution >= 0.6 is 0 Å². The van der Waals surface area contributed by atoms with Gasteiger partial charge in [-0.3, -0.25) is 0 Å². The number of aromatic amines is 2. The number of unbranched alkanes of at least 4 members (excludes halogenated alkanes) is 1. The zero-order chi connectivity index (χ0) is 15.2. The number of aromatic hydroxyl groups is 1. The average molecular weight is 291 g/mol. The van der Waals surface area contributed by atoms with Crippen LogP contribution in [0, 0.1) is 0 Å². The first kappa shape index (κ1) is 15.6. The molecule has 3 N–H and O–H groups in total. The quantitative estimate of drug-likeness (QED) is 0.700. The third-order valence-corrected chi connectivity index (χ3v) is 3.81. The molecule has 0 saturated heterocycles. The van der Waals surface area contributed by atoms with E-state index in [0.717, 1.165) is 43.6 Å². The van der Waals surface area contributed by atoms with Crippen LogP contribution in [0.1, 0.15) is 38.7 Å². The summed E-state index contributed by atoms with van der Waals surface area (Å²) < 4.78 is 0. The van der Waals surface area contributed by atoms with Gasteiger partial charge >= 0.3 is 5.69 Å². The molecule has 5 nitrogen and oxygen atoms in total. The third kappa shape index (κ3) is 3.88. The lowest BCUT2D eigenvalue weighted by molar-refractivity contribution is 0.273. The number of rotatable bonds is 8. The zero-order valence-electron chi connectivity index (χ0n) is 12.9. The molecular formula is C16H25N3O2. The van der Waals surface area contributed by atoms with Crippen LogP contribution in [0.5, 0.6) is 5.75 Å². The molecule has 0 aliphatic carbocycles. The maximum atomic E-state index is 11.4. The van der Waals surface area contributed by atoms with Crippen molar-refractivity contribution in [1.82, 2.24) is 14.9 Å². The number of H-pyrrole nitrogens is 2. The lowest BCUT2D eigenvalue weighted by atomic mass is 10.1. The van der Waals surface area contributed by atoms with E-state index in [4.69, 9.17) is 0 Å². The fraction of sp³-hybridized carbons (Fsp3) is 0.562. The Morgan fingerprint density at radius 3 is 2.52 bits per heavy atom. The summed E-state index contributed by atoms with van der Waals surface area (Å²) in [6.07, 6.45) is 4.44. The Hall–Kier alpha value is -1.75. The second kappa shape index (κ2) is 7.31. The fourth-order valence-electron chi connectivity index (χ4n) is 2.68. The fourth-order valence-corrected chi connectivity index (χ4v) is 2.68. The molecule has 2 rings (SSSR count). The number of phenols is 1. The minimum Gasteiger partial charge on any atom is -0.506 e. The molecular weight excluding hydrogens is 266 g/mol. The molecule has 0 fully saturated rings. The van der Waals surface area contributed by atoms with Crippen LogP contribution in [0.3, 0.4) is 0 Å². The monoisotopic (exact) mass is 291 g/mol. The van der Waals surface area contributed by atoms with Crippen LogP contribution in [-0.2, 0) is 6.42 Å². The maximum Gasteiger partial charge on any atom is 0.323 e. The molecule has 0 saturated carbocycles. The van der Waals surface area contributed by atoms with E-state index in [2.05, 4.69) is 28.7 Å². The first-order valence-electron chi connectivity index (χ1n) is 7.80. The van der Waals surface area contributed by atoms with E-state index in [-0.39, 0.29) is 11.4 Å². The lowest BCUT2D eigenvalue weighted by Crippen LogP contribution is -2.28. The first-order chi connectivity index (χ1) is 10.2. The number of nitrogens with zero attached hydrogens (tertiary/aromatic N) is 1. The van der Waals surface area contributed by atoms with Crippen LogP contribution in [0.4, 0.5) is 0 Å². The smallest absolute Gasteiger partial charge is 0.323 e. The summed E-state index contributed by atoms with van der Waals surface area (Å²) in [7, 11) is 0. The van der Waals surface area contributed by atoms with Gasteiger partial charge in [-0.15, -0.1) is 0 Å². The molecule has 5 heteroatoms. The second-order valence-corrected chi connectivity index (χ2v) is 5.52. The molecule has 0 aliphatic rings. The number of benzene rings is 1. The van der Waals surface area contributed by atoms with Gasteiger partial charge in [-0.1, -0.05) is 26.3 Å². The molecule has 0 amide bonds. The van der Waals surface area contributed by atoms with Gasteiger partial charge in [0, 0.05) is 6.54 Å². The highest BCUT2D eigenvalue weighted by atomic mass is 16.3. The van der Waals surface area contributed by atoms with Crippen molar-refractivity contribution in [1.29, 1.82) is 0 Å². The molecule has 0 unspecified atom stereocenters. The van der Waals surface area contributed by atoms with E-state index < -0.39 is 0 Å². The number of nitrogens with one attached hydrogen (secondary N) is 2. The molecule has 0 atom stereocenters. The standard InChI is InChI=1S/C16H25N3O2/c1-3-5-10-19(9-4-2)11-8-12-6-7-13(20)15-14(12)17-16(21)18-15/h6-7,20H,3-5,8-11H2,1-2H3,(H2,17,18,21). The van der Waals surface area contributed by atoms with E-state index in [0.29, 0.717) is 5.52 Å². The highest BCUT2D eigenvalue weighted by molar-refractivity contribution is 5.83. The lowest BCUT2D eigenvalue weighted by Gasteiger charge is -2.21. The van der Waals surface area contributed by atoms with Crippen LogP contribution < -0.4 is 5.69 Å². The summed E-state index contributed by atoms with van der Waals surface area (Å²) in [5.41, 5.74) is 2.03. The number of aromatic nitrogens is 2. The number of imidazole rings is 1. The predicted molar refractivity (Wildman–Crippen MR) is 85.9 cm³/mol. The summed E-state index contributed by atoms with van der Waals surface area (Å²) in [5, 5.41) is 9.79. The number of hydrogen-bond acceptors (Lipinski definition) is 3. The van der Waals surface area contributed by atoms with Crippen molar-refractivity contribution in [2.45, 2.75) is 39.5 Å². The molecule has 1 heterocycles. The van der Waals surface area contributed by atoms with Crippen molar-refractivity contribution < 1.29 is 5.11 Å². The van der Waals surface area contributed by atoms with Crippen molar-refractivity contribution in [3.8, 4) is 5.75 Å². The Bertz CT molecular complexity index is 630. The summed E-state index contributed by atoms with van der Waals surface area (Å²) in [6, 6.07) is 3.54. The summed E-state index contributed by atoms with van der Waals surface area (Å²) in [4.78, 5) is 19.3. The minimum atomic E-state index is -0.274. The first-order valence-corrected chi connectivity index (χ1v) is 7.80. The number of phenolic OH excluding ortho intramolecular Hbond substituents is 1. The molecule has 0 spiro atoms. The highest BCUT2D eigenvalue weighted by Crippen LogP contribution is 2.23. The van der Waals surface area contributed by atoms with Crippen molar-refractivity contribution in [3.05, 3.63) is 28.2 Å². The Morgan fingerprint density at radius 2 is 1.81 bits per heavy atom. The van der Waals surface area contributed by atoms with Crippen molar-refractivity contribution in [2.24, 2.45) is 0 Å². The normalized spacial score (nSPS) is 11.6. The van der Waals surface area contributed by atoms with E-state index in [9.17, 15) is 9.90 Å². The number of fused-ring (bicyclic) bond motifs is 1. The Morgan fingerprint density at radius 1 is 1.05 bits per heavy atom. The van der Waals surface area contributed by atoms with E-state index in [1.165, 1.54) is 12.8 Å². The van der Waals surface area contributed by atoms with Gasteiger partial charge in [0.05, 0.1) is 5.52 Å². The molecule has 0 bridgehead atoms. The van der Waals surface area contributed by atoms with Crippen molar-refractivity contribution in [2.75, 3.05) is 19.6 Å². The molecule has 1 aromatic carbocycles. The van der Waals surface area contributed by atoms with Gasteiger partial charge < -0.3 is 20.0 Å². The average Bonchev–Trinajstić information content (AvgIpc) is 2.86. The Labute approximate surface area is 125 Å². The van der Waals surface area contributed by atoms with Crippen molar-refractivity contribution >= 4 is 11.0 Å². The highest BCUT2D eigenvalue weighted by Gasteiger charge is 2.10. The van der Waals surface area contributed by atoms with Gasteiger partial charge in [-0.2, -0.15) is 0 Å². The zero-order valence-corrected chi connectivity index (χ0v) is 12.9. The Kier molecular flexibility index (Phi) is 5.44. The predicted octanol–water partition coefficient (Wildman–Crippen LogP) is 2.62.